The van der Waals surface area contributed by atoms with Gasteiger partial charge in [0.25, 0.3) is 11.8 Å². The minimum Gasteiger partial charge on any atom is -0.444 e. The van der Waals surface area contributed by atoms with Crippen LogP contribution < -0.4 is 10.0 Å². The molecule has 0 saturated carbocycles. The molecule has 5 rings (SSSR count). The zero-order chi connectivity index (χ0) is 33.3. The number of nitrogens with zero attached hydrogens (tertiary/aromatic N) is 5. The Balaban J connectivity index is 1.51. The minimum atomic E-state index is -3.74. The normalized spacial score (nSPS) is 16.6. The number of benzene rings is 1. The summed E-state index contributed by atoms with van der Waals surface area (Å²) in [6, 6.07) is 12.1. The number of rotatable bonds is 9. The minimum absolute atomic E-state index is 0.0621. The number of amides is 2. The van der Waals surface area contributed by atoms with Crippen LogP contribution in [0.15, 0.2) is 52.3 Å². The summed E-state index contributed by atoms with van der Waals surface area (Å²) in [4.78, 5) is 37.6. The molecule has 1 aromatic carbocycles. The fourth-order valence-electron chi connectivity index (χ4n) is 5.22. The first-order valence-electron chi connectivity index (χ1n) is 14.7. The second kappa shape index (κ2) is 12.8. The highest BCUT2D eigenvalue weighted by molar-refractivity contribution is 7.92. The number of thiazole rings is 1. The summed E-state index contributed by atoms with van der Waals surface area (Å²) < 4.78 is 38.3. The van der Waals surface area contributed by atoms with Crippen LogP contribution in [0.4, 0.5) is 10.6 Å². The largest absolute Gasteiger partial charge is 0.444 e. The Morgan fingerprint density at radius 1 is 1.11 bits per heavy atom. The SMILES string of the molecule is Cc1csc([C@H]2CCCN2C(=O)c2cc(NS(C)(=O)=O)nc(-c3nnc([C@@](C)(Cc4ccccc4)NC(=O)OC(C)(C)C)o3)c2)n1. The molecule has 2 amide bonds. The zero-order valence-electron chi connectivity index (χ0n) is 26.5. The van der Waals surface area contributed by atoms with E-state index in [1.807, 2.05) is 42.6 Å². The van der Waals surface area contributed by atoms with E-state index in [0.717, 1.165) is 35.4 Å². The van der Waals surface area contributed by atoms with E-state index in [-0.39, 0.29) is 47.2 Å². The Morgan fingerprint density at radius 2 is 1.85 bits per heavy atom. The lowest BCUT2D eigenvalue weighted by Crippen LogP contribution is -2.47. The first-order valence-corrected chi connectivity index (χ1v) is 17.5. The molecule has 1 aliphatic heterocycles. The van der Waals surface area contributed by atoms with Crippen molar-refractivity contribution in [1.29, 1.82) is 0 Å². The van der Waals surface area contributed by atoms with Crippen LogP contribution >= 0.6 is 11.3 Å². The van der Waals surface area contributed by atoms with Crippen LogP contribution in [0.25, 0.3) is 11.6 Å². The Bertz CT molecular complexity index is 1830. The van der Waals surface area contributed by atoms with Gasteiger partial charge in [0, 0.05) is 29.6 Å². The number of pyridine rings is 1. The predicted octanol–water partition coefficient (Wildman–Crippen LogP) is 5.23. The van der Waals surface area contributed by atoms with Gasteiger partial charge < -0.3 is 19.4 Å². The molecule has 0 bridgehead atoms. The van der Waals surface area contributed by atoms with Gasteiger partial charge in [0.2, 0.25) is 15.9 Å². The monoisotopic (exact) mass is 667 g/mol. The number of hydrogen-bond donors (Lipinski definition) is 2. The Labute approximate surface area is 271 Å². The number of carbonyl (C=O) groups is 2. The number of carbonyl (C=O) groups excluding carboxylic acids is 2. The summed E-state index contributed by atoms with van der Waals surface area (Å²) in [7, 11) is -3.74. The van der Waals surface area contributed by atoms with Crippen LogP contribution in [0, 0.1) is 6.92 Å². The molecule has 1 aliphatic rings. The van der Waals surface area contributed by atoms with Gasteiger partial charge >= 0.3 is 6.09 Å². The number of hydrogen-bond acceptors (Lipinski definition) is 11. The zero-order valence-corrected chi connectivity index (χ0v) is 28.2. The van der Waals surface area contributed by atoms with Crippen molar-refractivity contribution in [2.45, 2.75) is 71.1 Å². The maximum Gasteiger partial charge on any atom is 0.408 e. The van der Waals surface area contributed by atoms with Crippen molar-refractivity contribution in [3.63, 3.8) is 0 Å². The van der Waals surface area contributed by atoms with Crippen molar-refractivity contribution in [2.24, 2.45) is 0 Å². The van der Waals surface area contributed by atoms with Crippen molar-refractivity contribution in [3.05, 3.63) is 75.6 Å². The van der Waals surface area contributed by atoms with E-state index in [9.17, 15) is 18.0 Å². The van der Waals surface area contributed by atoms with Crippen LogP contribution in [0.1, 0.15) is 79.1 Å². The lowest BCUT2D eigenvalue weighted by Gasteiger charge is -2.29. The average molecular weight is 668 g/mol. The van der Waals surface area contributed by atoms with E-state index in [1.165, 1.54) is 23.5 Å². The number of aryl methyl sites for hydroxylation is 1. The number of ether oxygens (including phenoxy) is 1. The van der Waals surface area contributed by atoms with E-state index in [2.05, 4.69) is 30.2 Å². The third-order valence-electron chi connectivity index (χ3n) is 7.09. The van der Waals surface area contributed by atoms with E-state index in [1.54, 1.807) is 32.6 Å². The fourth-order valence-corrected chi connectivity index (χ4v) is 6.65. The standard InChI is InChI=1S/C31H37N7O6S2/c1-19-18-45-26(32-19)23-13-10-14-38(23)27(39)21-15-22(33-24(16-21)37-46(6,41)42)25-35-36-28(43-25)31(5,17-20-11-8-7-9-12-20)34-29(40)44-30(2,3)4/h7-9,11-12,15-16,18,23H,10,13-14,17H2,1-6H3,(H,33,37)(H,34,40)/t23-,31-/m1/s1. The molecular formula is C31H37N7O6S2. The highest BCUT2D eigenvalue weighted by Gasteiger charge is 2.37. The summed E-state index contributed by atoms with van der Waals surface area (Å²) >= 11 is 1.51. The summed E-state index contributed by atoms with van der Waals surface area (Å²) in [5, 5.41) is 14.1. The van der Waals surface area contributed by atoms with Crippen molar-refractivity contribution in [3.8, 4) is 11.6 Å². The number of likely N-dealkylation sites (tertiary alicyclic amines) is 1. The van der Waals surface area contributed by atoms with Gasteiger partial charge in [-0.15, -0.1) is 21.5 Å². The van der Waals surface area contributed by atoms with Crippen molar-refractivity contribution in [1.82, 2.24) is 30.4 Å². The molecule has 2 atom stereocenters. The summed E-state index contributed by atoms with van der Waals surface area (Å²) in [6.07, 6.45) is 2.18. The van der Waals surface area contributed by atoms with Gasteiger partial charge in [-0.25, -0.2) is 23.2 Å². The first-order chi connectivity index (χ1) is 21.6. The Morgan fingerprint density at radius 3 is 2.50 bits per heavy atom. The summed E-state index contributed by atoms with van der Waals surface area (Å²) in [6.45, 7) is 9.45. The number of sulfonamides is 1. The van der Waals surface area contributed by atoms with Gasteiger partial charge in [-0.2, -0.15) is 0 Å². The average Bonchev–Trinajstić information content (AvgIpc) is 3.72. The van der Waals surface area contributed by atoms with Gasteiger partial charge in [0.15, 0.2) is 0 Å². The molecule has 3 aromatic heterocycles. The van der Waals surface area contributed by atoms with Crippen LogP contribution in [0.5, 0.6) is 0 Å². The van der Waals surface area contributed by atoms with E-state index < -0.39 is 27.3 Å². The molecule has 0 radical (unpaired) electrons. The number of anilines is 1. The molecule has 0 spiro atoms. The fraction of sp³-hybridized carbons (Fsp3) is 0.419. The highest BCUT2D eigenvalue weighted by Crippen LogP contribution is 2.36. The summed E-state index contributed by atoms with van der Waals surface area (Å²) in [5.74, 6) is -0.397. The van der Waals surface area contributed by atoms with Crippen molar-refractivity contribution < 1.29 is 27.2 Å². The molecule has 244 valence electrons. The second-order valence-electron chi connectivity index (χ2n) is 12.5. The van der Waals surface area contributed by atoms with Crippen LogP contribution in [-0.4, -0.2) is 63.9 Å². The van der Waals surface area contributed by atoms with E-state index in [4.69, 9.17) is 9.15 Å². The number of alkyl carbamates (subject to hydrolysis) is 1. The van der Waals surface area contributed by atoms with Crippen LogP contribution in [-0.2, 0) is 26.7 Å². The molecule has 0 aliphatic carbocycles. The van der Waals surface area contributed by atoms with Crippen molar-refractivity contribution in [2.75, 3.05) is 17.5 Å². The summed E-state index contributed by atoms with van der Waals surface area (Å²) in [5.41, 5.74) is 0.0975. The third-order valence-corrected chi connectivity index (χ3v) is 8.73. The van der Waals surface area contributed by atoms with Crippen molar-refractivity contribution >= 4 is 39.2 Å². The van der Waals surface area contributed by atoms with E-state index >= 15 is 0 Å². The third kappa shape index (κ3) is 8.07. The number of nitrogens with one attached hydrogen (secondary N) is 2. The molecule has 0 unspecified atom stereocenters. The first kappa shape index (κ1) is 33.0. The van der Waals surface area contributed by atoms with Gasteiger partial charge in [0.05, 0.1) is 12.3 Å². The maximum absolute atomic E-state index is 13.9. The molecule has 4 aromatic rings. The number of aromatic nitrogens is 4. The van der Waals surface area contributed by atoms with Gasteiger partial charge in [-0.3, -0.25) is 9.52 Å². The van der Waals surface area contributed by atoms with Crippen LogP contribution in [0.3, 0.4) is 0 Å². The quantitative estimate of drug-likeness (QED) is 0.241. The lowest BCUT2D eigenvalue weighted by molar-refractivity contribution is 0.0443. The van der Waals surface area contributed by atoms with Crippen LogP contribution in [0.2, 0.25) is 0 Å². The smallest absolute Gasteiger partial charge is 0.408 e. The lowest BCUT2D eigenvalue weighted by atomic mass is 9.92. The molecule has 15 heteroatoms. The Hall–Kier alpha value is -4.37. The molecule has 46 heavy (non-hydrogen) atoms. The second-order valence-corrected chi connectivity index (χ2v) is 15.2. The molecular weight excluding hydrogens is 631 g/mol. The van der Waals surface area contributed by atoms with Gasteiger partial charge in [0.1, 0.15) is 27.7 Å². The molecule has 4 heterocycles. The molecule has 2 N–H and O–H groups in total. The van der Waals surface area contributed by atoms with Gasteiger partial charge in [-0.05, 0) is 65.2 Å². The predicted molar refractivity (Wildman–Crippen MR) is 173 cm³/mol. The Kier molecular flexibility index (Phi) is 9.18. The molecule has 13 nitrogen and oxygen atoms in total. The molecule has 1 saturated heterocycles. The van der Waals surface area contributed by atoms with Gasteiger partial charge in [-0.1, -0.05) is 30.3 Å². The maximum atomic E-state index is 13.9. The van der Waals surface area contributed by atoms with E-state index in [0.29, 0.717) is 6.54 Å². The molecule has 1 fully saturated rings. The topological polar surface area (TPSA) is 170 Å². The highest BCUT2D eigenvalue weighted by atomic mass is 32.2.